The summed E-state index contributed by atoms with van der Waals surface area (Å²) in [6, 6.07) is 11.9. The monoisotopic (exact) mass is 363 g/mol. The summed E-state index contributed by atoms with van der Waals surface area (Å²) < 4.78 is 32.2. The number of carbonyl (C=O) groups is 1. The summed E-state index contributed by atoms with van der Waals surface area (Å²) in [6.45, 7) is 1.96. The molecule has 8 heteroatoms. The van der Waals surface area contributed by atoms with Crippen molar-refractivity contribution in [3.63, 3.8) is 0 Å². The summed E-state index contributed by atoms with van der Waals surface area (Å²) in [4.78, 5) is 11.7. The molecule has 0 heterocycles. The number of nitrogens with two attached hydrogens (primary N) is 2. The normalized spacial score (nSPS) is 12.4. The van der Waals surface area contributed by atoms with Crippen molar-refractivity contribution < 1.29 is 17.9 Å². The highest BCUT2D eigenvalue weighted by atomic mass is 32.2. The van der Waals surface area contributed by atoms with Gasteiger partial charge >= 0.3 is 5.97 Å². The summed E-state index contributed by atoms with van der Waals surface area (Å²) in [7, 11) is -3.76. The third-order valence-corrected chi connectivity index (χ3v) is 4.77. The van der Waals surface area contributed by atoms with Gasteiger partial charge in [-0.1, -0.05) is 18.2 Å². The van der Waals surface area contributed by atoms with Gasteiger partial charge in [-0.15, -0.1) is 0 Å². The Kier molecular flexibility index (Phi) is 6.00. The van der Waals surface area contributed by atoms with Crippen LogP contribution in [0.25, 0.3) is 0 Å². The number of ether oxygens (including phenoxy) is 1. The Morgan fingerprint density at radius 2 is 1.92 bits per heavy atom. The Bertz CT molecular complexity index is 852. The molecule has 1 atom stereocenters. The SMILES string of the molecule is CCOC(=O)C(N)Cc1cccc(NS(=O)(=O)c2cccc(N)c2)c1. The van der Waals surface area contributed by atoms with Crippen molar-refractivity contribution in [2.75, 3.05) is 17.1 Å². The van der Waals surface area contributed by atoms with Gasteiger partial charge in [-0.05, 0) is 49.2 Å². The van der Waals surface area contributed by atoms with E-state index in [4.69, 9.17) is 16.2 Å². The molecule has 0 aliphatic rings. The number of anilines is 2. The first-order valence-corrected chi connectivity index (χ1v) is 9.19. The molecule has 2 aromatic rings. The van der Waals surface area contributed by atoms with Gasteiger partial charge in [-0.25, -0.2) is 8.42 Å². The van der Waals surface area contributed by atoms with Crippen molar-refractivity contribution in [2.45, 2.75) is 24.3 Å². The molecule has 25 heavy (non-hydrogen) atoms. The van der Waals surface area contributed by atoms with E-state index >= 15 is 0 Å². The quantitative estimate of drug-likeness (QED) is 0.506. The average molecular weight is 363 g/mol. The minimum Gasteiger partial charge on any atom is -0.465 e. The molecule has 2 aromatic carbocycles. The molecule has 0 spiro atoms. The van der Waals surface area contributed by atoms with E-state index in [0.29, 0.717) is 16.9 Å². The minimum atomic E-state index is -3.76. The molecule has 0 aliphatic carbocycles. The third kappa shape index (κ3) is 5.20. The highest BCUT2D eigenvalue weighted by Crippen LogP contribution is 2.19. The molecule has 1 unspecified atom stereocenters. The van der Waals surface area contributed by atoms with Crippen LogP contribution in [0.4, 0.5) is 11.4 Å². The van der Waals surface area contributed by atoms with E-state index in [1.165, 1.54) is 12.1 Å². The van der Waals surface area contributed by atoms with Gasteiger partial charge in [-0.3, -0.25) is 9.52 Å². The van der Waals surface area contributed by atoms with Crippen LogP contribution in [0.1, 0.15) is 12.5 Å². The van der Waals surface area contributed by atoms with E-state index in [9.17, 15) is 13.2 Å². The Balaban J connectivity index is 2.15. The van der Waals surface area contributed by atoms with Gasteiger partial charge in [-0.2, -0.15) is 0 Å². The molecule has 0 bridgehead atoms. The fourth-order valence-corrected chi connectivity index (χ4v) is 3.35. The maximum Gasteiger partial charge on any atom is 0.323 e. The number of benzene rings is 2. The first kappa shape index (κ1) is 18.8. The summed E-state index contributed by atoms with van der Waals surface area (Å²) in [5, 5.41) is 0. The maximum atomic E-state index is 12.4. The Morgan fingerprint density at radius 3 is 2.60 bits per heavy atom. The average Bonchev–Trinajstić information content (AvgIpc) is 2.55. The zero-order valence-electron chi connectivity index (χ0n) is 13.8. The first-order valence-electron chi connectivity index (χ1n) is 7.71. The molecule has 5 N–H and O–H groups in total. The van der Waals surface area contributed by atoms with Gasteiger partial charge in [0.15, 0.2) is 0 Å². The number of hydrogen-bond donors (Lipinski definition) is 3. The molecule has 0 saturated heterocycles. The molecule has 7 nitrogen and oxygen atoms in total. The van der Waals surface area contributed by atoms with Crippen LogP contribution in [0, 0.1) is 0 Å². The van der Waals surface area contributed by atoms with Crippen LogP contribution in [-0.4, -0.2) is 27.0 Å². The number of nitrogens with one attached hydrogen (secondary N) is 1. The zero-order valence-corrected chi connectivity index (χ0v) is 14.6. The van der Waals surface area contributed by atoms with Crippen LogP contribution >= 0.6 is 0 Å². The second kappa shape index (κ2) is 8.00. The molecule has 0 amide bonds. The zero-order chi connectivity index (χ0) is 18.4. The van der Waals surface area contributed by atoms with Crippen molar-refractivity contribution in [3.05, 3.63) is 54.1 Å². The van der Waals surface area contributed by atoms with Gasteiger partial charge in [0, 0.05) is 11.4 Å². The molecule has 0 fully saturated rings. The van der Waals surface area contributed by atoms with Crippen LogP contribution in [0.5, 0.6) is 0 Å². The summed E-state index contributed by atoms with van der Waals surface area (Å²) in [6.07, 6.45) is 0.243. The Morgan fingerprint density at radius 1 is 1.20 bits per heavy atom. The van der Waals surface area contributed by atoms with Crippen LogP contribution in [-0.2, 0) is 26.0 Å². The number of hydrogen-bond acceptors (Lipinski definition) is 6. The highest BCUT2D eigenvalue weighted by Gasteiger charge is 2.17. The van der Waals surface area contributed by atoms with Gasteiger partial charge in [0.05, 0.1) is 11.5 Å². The topological polar surface area (TPSA) is 125 Å². The fraction of sp³-hybridized carbons (Fsp3) is 0.235. The predicted molar refractivity (Wildman–Crippen MR) is 96.4 cm³/mol. The molecule has 134 valence electrons. The molecule has 2 rings (SSSR count). The first-order chi connectivity index (χ1) is 11.8. The molecule has 0 saturated carbocycles. The van der Waals surface area contributed by atoms with Crippen molar-refractivity contribution in [3.8, 4) is 0 Å². The van der Waals surface area contributed by atoms with Gasteiger partial charge in [0.1, 0.15) is 6.04 Å². The molecule has 0 aromatic heterocycles. The van der Waals surface area contributed by atoms with Crippen LogP contribution in [0.2, 0.25) is 0 Å². The van der Waals surface area contributed by atoms with E-state index in [1.54, 1.807) is 43.3 Å². The van der Waals surface area contributed by atoms with E-state index in [1.807, 2.05) is 0 Å². The van der Waals surface area contributed by atoms with Crippen LogP contribution in [0.3, 0.4) is 0 Å². The summed E-state index contributed by atoms with van der Waals surface area (Å²) in [5.74, 6) is -0.492. The van der Waals surface area contributed by atoms with E-state index in [-0.39, 0.29) is 17.9 Å². The molecular formula is C17H21N3O4S. The van der Waals surface area contributed by atoms with Crippen LogP contribution < -0.4 is 16.2 Å². The molecule has 0 radical (unpaired) electrons. The lowest BCUT2D eigenvalue weighted by Crippen LogP contribution is -2.34. The Labute approximate surface area is 147 Å². The number of esters is 1. The highest BCUT2D eigenvalue weighted by molar-refractivity contribution is 7.92. The van der Waals surface area contributed by atoms with Gasteiger partial charge < -0.3 is 16.2 Å². The maximum absolute atomic E-state index is 12.4. The summed E-state index contributed by atoms with van der Waals surface area (Å²) >= 11 is 0. The molecular weight excluding hydrogens is 342 g/mol. The lowest BCUT2D eigenvalue weighted by molar-refractivity contribution is -0.144. The number of sulfonamides is 1. The number of rotatable bonds is 7. The molecule has 0 aliphatic heterocycles. The largest absolute Gasteiger partial charge is 0.465 e. The standard InChI is InChI=1S/C17H21N3O4S/c1-2-24-17(21)16(19)10-12-5-3-7-14(9-12)20-25(22,23)15-8-4-6-13(18)11-15/h3-9,11,16,20H,2,10,18-19H2,1H3. The lowest BCUT2D eigenvalue weighted by atomic mass is 10.1. The third-order valence-electron chi connectivity index (χ3n) is 3.39. The smallest absolute Gasteiger partial charge is 0.323 e. The minimum absolute atomic E-state index is 0.0705. The van der Waals surface area contributed by atoms with E-state index in [2.05, 4.69) is 4.72 Å². The Hall–Kier alpha value is -2.58. The van der Waals surface area contributed by atoms with Gasteiger partial charge in [0.2, 0.25) is 0 Å². The predicted octanol–water partition coefficient (Wildman–Crippen LogP) is 1.50. The second-order valence-corrected chi connectivity index (χ2v) is 7.12. The number of nitrogen functional groups attached to an aromatic ring is 1. The van der Waals surface area contributed by atoms with Crippen molar-refractivity contribution in [1.82, 2.24) is 0 Å². The van der Waals surface area contributed by atoms with Gasteiger partial charge in [0.25, 0.3) is 10.0 Å². The van der Waals surface area contributed by atoms with E-state index in [0.717, 1.165) is 0 Å². The number of carbonyl (C=O) groups excluding carboxylic acids is 1. The van der Waals surface area contributed by atoms with Crippen molar-refractivity contribution >= 4 is 27.4 Å². The van der Waals surface area contributed by atoms with Crippen molar-refractivity contribution in [1.29, 1.82) is 0 Å². The van der Waals surface area contributed by atoms with Crippen LogP contribution in [0.15, 0.2) is 53.4 Å². The summed E-state index contributed by atoms with van der Waals surface area (Å²) in [5.41, 5.74) is 12.9. The fourth-order valence-electron chi connectivity index (χ4n) is 2.24. The van der Waals surface area contributed by atoms with Crippen molar-refractivity contribution in [2.24, 2.45) is 5.73 Å². The second-order valence-electron chi connectivity index (χ2n) is 5.44. The lowest BCUT2D eigenvalue weighted by Gasteiger charge is -2.12. The van der Waals surface area contributed by atoms with E-state index < -0.39 is 22.0 Å².